The second-order valence-corrected chi connectivity index (χ2v) is 6.24. The van der Waals surface area contributed by atoms with Gasteiger partial charge in [0.25, 0.3) is 0 Å². The summed E-state index contributed by atoms with van der Waals surface area (Å²) < 4.78 is 13.8. The molecule has 0 spiro atoms. The van der Waals surface area contributed by atoms with Crippen molar-refractivity contribution in [2.45, 2.75) is 39.0 Å². The van der Waals surface area contributed by atoms with Gasteiger partial charge in [0.05, 0.1) is 18.7 Å². The van der Waals surface area contributed by atoms with Crippen molar-refractivity contribution in [2.24, 2.45) is 5.92 Å². The maximum absolute atomic E-state index is 13.8. The Hall–Kier alpha value is -2.49. The topological polar surface area (TPSA) is 111 Å². The first-order valence-electron chi connectivity index (χ1n) is 8.79. The molecule has 2 amide bonds. The van der Waals surface area contributed by atoms with E-state index in [1.54, 1.807) is 4.90 Å². The lowest BCUT2D eigenvalue weighted by Gasteiger charge is -2.32. The van der Waals surface area contributed by atoms with Crippen LogP contribution in [0.25, 0.3) is 0 Å². The first-order chi connectivity index (χ1) is 12.5. The van der Waals surface area contributed by atoms with Crippen molar-refractivity contribution in [2.75, 3.05) is 30.0 Å². The van der Waals surface area contributed by atoms with E-state index in [1.165, 1.54) is 0 Å². The summed E-state index contributed by atoms with van der Waals surface area (Å²) in [6, 6.07) is 0. The summed E-state index contributed by atoms with van der Waals surface area (Å²) in [6.07, 6.45) is 5.56. The highest BCUT2D eigenvalue weighted by molar-refractivity contribution is 5.80. The quantitative estimate of drug-likeness (QED) is 0.234. The highest BCUT2D eigenvalue weighted by Gasteiger charge is 2.22. The third-order valence-electron chi connectivity index (χ3n) is 4.23. The molecule has 0 radical (unpaired) electrons. The fourth-order valence-electron chi connectivity index (χ4n) is 2.60. The van der Waals surface area contributed by atoms with E-state index in [0.29, 0.717) is 11.5 Å². The molecule has 1 fully saturated rings. The number of carbonyl (C=O) groups is 2. The van der Waals surface area contributed by atoms with Crippen LogP contribution in [0.15, 0.2) is 6.20 Å². The van der Waals surface area contributed by atoms with Gasteiger partial charge in [-0.05, 0) is 12.8 Å². The van der Waals surface area contributed by atoms with Crippen molar-refractivity contribution < 1.29 is 19.2 Å². The van der Waals surface area contributed by atoms with Crippen LogP contribution in [0, 0.1) is 11.7 Å². The molecule has 1 aromatic rings. The molecule has 0 aromatic carbocycles. The average Bonchev–Trinajstić information content (AvgIpc) is 2.59. The van der Waals surface area contributed by atoms with Gasteiger partial charge in [0.1, 0.15) is 0 Å². The van der Waals surface area contributed by atoms with Gasteiger partial charge in [-0.2, -0.15) is 4.98 Å². The van der Waals surface area contributed by atoms with Gasteiger partial charge < -0.3 is 4.90 Å². The lowest BCUT2D eigenvalue weighted by atomic mass is 10.0. The molecule has 144 valence electrons. The lowest BCUT2D eigenvalue weighted by Crippen LogP contribution is -2.41. The van der Waals surface area contributed by atoms with Crippen molar-refractivity contribution in [3.05, 3.63) is 12.0 Å². The number of rotatable bonds is 11. The van der Waals surface area contributed by atoms with E-state index in [9.17, 15) is 19.2 Å². The Morgan fingerprint density at radius 3 is 2.88 bits per heavy atom. The fourth-order valence-corrected chi connectivity index (χ4v) is 2.60. The molecule has 1 aliphatic rings. The van der Waals surface area contributed by atoms with E-state index in [1.807, 2.05) is 6.92 Å². The minimum Gasteiger partial charge on any atom is -0.354 e. The van der Waals surface area contributed by atoms with Crippen molar-refractivity contribution in [1.82, 2.24) is 20.5 Å². The summed E-state index contributed by atoms with van der Waals surface area (Å²) >= 11 is 0. The molecule has 3 N–H and O–H groups in total. The van der Waals surface area contributed by atoms with Crippen LogP contribution >= 0.6 is 0 Å². The van der Waals surface area contributed by atoms with E-state index < -0.39 is 17.6 Å². The molecule has 0 bridgehead atoms. The third-order valence-corrected chi connectivity index (χ3v) is 4.23. The number of hydrogen-bond acceptors (Lipinski definition) is 7. The number of amides is 2. The summed E-state index contributed by atoms with van der Waals surface area (Å²) in [5.41, 5.74) is 5.04. The van der Waals surface area contributed by atoms with Crippen LogP contribution in [-0.2, 0) is 9.59 Å². The molecule has 10 heteroatoms. The Morgan fingerprint density at radius 1 is 1.50 bits per heavy atom. The largest absolute Gasteiger partial charge is 0.354 e. The second-order valence-electron chi connectivity index (χ2n) is 6.24. The summed E-state index contributed by atoms with van der Waals surface area (Å²) in [4.78, 5) is 32.6. The minimum absolute atomic E-state index is 0.0743. The zero-order valence-electron chi connectivity index (χ0n) is 14.8. The number of carbonyl (C=O) groups excluding carboxylic acids is 2. The van der Waals surface area contributed by atoms with Gasteiger partial charge in [-0.1, -0.05) is 26.2 Å². The maximum Gasteiger partial charge on any atom is 0.243 e. The predicted molar refractivity (Wildman–Crippen MR) is 92.8 cm³/mol. The number of halogens is 1. The van der Waals surface area contributed by atoms with Gasteiger partial charge in [0.2, 0.25) is 18.3 Å². The van der Waals surface area contributed by atoms with Crippen LogP contribution in [0.3, 0.4) is 0 Å². The molecule has 2 rings (SSSR count). The molecule has 0 saturated carbocycles. The fraction of sp³-hybridized carbons (Fsp3) is 0.625. The van der Waals surface area contributed by atoms with Gasteiger partial charge in [-0.3, -0.25) is 25.6 Å². The normalized spacial score (nSPS) is 14.3. The van der Waals surface area contributed by atoms with Crippen LogP contribution in [0.4, 0.5) is 16.2 Å². The number of hydroxylamine groups is 2. The highest BCUT2D eigenvalue weighted by Crippen LogP contribution is 2.22. The molecular formula is C16H25FN6O3. The number of anilines is 2. The molecule has 1 unspecified atom stereocenters. The smallest absolute Gasteiger partial charge is 0.243 e. The monoisotopic (exact) mass is 368 g/mol. The van der Waals surface area contributed by atoms with E-state index in [2.05, 4.69) is 20.8 Å². The van der Waals surface area contributed by atoms with Crippen LogP contribution < -0.4 is 15.8 Å². The first kappa shape index (κ1) is 19.8. The van der Waals surface area contributed by atoms with Crippen LogP contribution in [-0.4, -0.2) is 52.2 Å². The first-order valence-corrected chi connectivity index (χ1v) is 8.79. The molecule has 1 saturated heterocycles. The molecule has 0 aliphatic carbocycles. The zero-order valence-corrected chi connectivity index (χ0v) is 14.8. The average molecular weight is 368 g/mol. The van der Waals surface area contributed by atoms with Crippen LogP contribution in [0.5, 0.6) is 0 Å². The van der Waals surface area contributed by atoms with Gasteiger partial charge in [-0.15, -0.1) is 0 Å². The number of hydrazine groups is 1. The molecule has 1 atom stereocenters. The van der Waals surface area contributed by atoms with E-state index >= 15 is 0 Å². The zero-order chi connectivity index (χ0) is 18.9. The highest BCUT2D eigenvalue weighted by atomic mass is 19.1. The van der Waals surface area contributed by atoms with Crippen molar-refractivity contribution in [3.63, 3.8) is 0 Å². The van der Waals surface area contributed by atoms with Crippen LogP contribution in [0.1, 0.15) is 39.0 Å². The molecule has 1 aliphatic heterocycles. The van der Waals surface area contributed by atoms with E-state index in [0.717, 1.165) is 45.0 Å². The second kappa shape index (κ2) is 9.85. The van der Waals surface area contributed by atoms with Crippen LogP contribution in [0.2, 0.25) is 0 Å². The predicted octanol–water partition coefficient (Wildman–Crippen LogP) is 1.31. The van der Waals surface area contributed by atoms with Crippen molar-refractivity contribution in [1.29, 1.82) is 0 Å². The molecule has 9 nitrogen and oxygen atoms in total. The summed E-state index contributed by atoms with van der Waals surface area (Å²) in [5, 5.41) is 9.82. The molecular weight excluding hydrogens is 343 g/mol. The Labute approximate surface area is 151 Å². The van der Waals surface area contributed by atoms with Crippen molar-refractivity contribution in [3.8, 4) is 0 Å². The van der Waals surface area contributed by atoms with E-state index in [-0.39, 0.29) is 24.7 Å². The standard InChI is InChI=1S/C16H25FN6O3/c1-2-3-4-6-12(10-23(26)11-24)15(25)20-21-16-18-9-13(17)14(19-16)22-7-5-8-22/h9,11-12,26H,2-8,10H2,1H3,(H,20,25)(H,18,19,21). The van der Waals surface area contributed by atoms with Gasteiger partial charge in [-0.25, -0.2) is 14.4 Å². The molecule has 1 aromatic heterocycles. The molecule has 2 heterocycles. The number of nitrogens with one attached hydrogen (secondary N) is 2. The number of unbranched alkanes of at least 4 members (excludes halogenated alkanes) is 2. The molecule has 26 heavy (non-hydrogen) atoms. The maximum atomic E-state index is 13.8. The third kappa shape index (κ3) is 5.51. The summed E-state index contributed by atoms with van der Waals surface area (Å²) in [5.74, 6) is -1.23. The van der Waals surface area contributed by atoms with Gasteiger partial charge in [0.15, 0.2) is 11.6 Å². The summed E-state index contributed by atoms with van der Waals surface area (Å²) in [6.45, 7) is 3.40. The number of hydrogen-bond donors (Lipinski definition) is 3. The minimum atomic E-state index is -0.584. The summed E-state index contributed by atoms with van der Waals surface area (Å²) in [7, 11) is 0. The Morgan fingerprint density at radius 2 is 2.27 bits per heavy atom. The van der Waals surface area contributed by atoms with Gasteiger partial charge in [0, 0.05) is 13.1 Å². The lowest BCUT2D eigenvalue weighted by molar-refractivity contribution is -0.154. The Balaban J connectivity index is 1.94. The number of aromatic nitrogens is 2. The SMILES string of the molecule is CCCCCC(CN(O)C=O)C(=O)NNc1ncc(F)c(N2CCC2)n1. The van der Waals surface area contributed by atoms with Crippen molar-refractivity contribution >= 4 is 24.1 Å². The Bertz CT molecular complexity index is 614. The number of nitrogens with zero attached hydrogens (tertiary/aromatic N) is 4. The Kier molecular flexibility index (Phi) is 7.52. The van der Waals surface area contributed by atoms with Gasteiger partial charge >= 0.3 is 0 Å². The van der Waals surface area contributed by atoms with E-state index in [4.69, 9.17) is 0 Å².